The molecule has 1 aliphatic carbocycles. The molecule has 1 aromatic rings. The van der Waals surface area contributed by atoms with E-state index in [0.717, 1.165) is 5.75 Å². The lowest BCUT2D eigenvalue weighted by molar-refractivity contribution is -0.127. The van der Waals surface area contributed by atoms with Crippen molar-refractivity contribution in [2.24, 2.45) is 5.92 Å². The first-order valence-corrected chi connectivity index (χ1v) is 5.02. The monoisotopic (exact) mass is 210 g/mol. The standard InChI is InChI=1S/C11H11ClO2/c12-9-1-3-11(4-2-9)14-7-8-5-10(13)6-8/h1-4,8H,5-7H2. The Morgan fingerprint density at radius 1 is 1.29 bits per heavy atom. The minimum atomic E-state index is 0.342. The molecular weight excluding hydrogens is 200 g/mol. The molecule has 1 saturated carbocycles. The van der Waals surface area contributed by atoms with Gasteiger partial charge >= 0.3 is 0 Å². The third kappa shape index (κ3) is 2.26. The average molecular weight is 211 g/mol. The number of hydrogen-bond donors (Lipinski definition) is 0. The fourth-order valence-corrected chi connectivity index (χ4v) is 1.57. The highest BCUT2D eigenvalue weighted by Crippen LogP contribution is 2.24. The van der Waals surface area contributed by atoms with E-state index in [1.54, 1.807) is 12.1 Å². The Morgan fingerprint density at radius 3 is 2.50 bits per heavy atom. The van der Waals surface area contributed by atoms with E-state index >= 15 is 0 Å². The number of hydrogen-bond acceptors (Lipinski definition) is 2. The smallest absolute Gasteiger partial charge is 0.133 e. The second-order valence-electron chi connectivity index (χ2n) is 3.58. The number of rotatable bonds is 3. The van der Waals surface area contributed by atoms with Crippen LogP contribution < -0.4 is 4.74 Å². The van der Waals surface area contributed by atoms with E-state index < -0.39 is 0 Å². The molecule has 1 fully saturated rings. The molecule has 2 nitrogen and oxygen atoms in total. The molecule has 0 saturated heterocycles. The number of benzene rings is 1. The van der Waals surface area contributed by atoms with Crippen LogP contribution in [-0.4, -0.2) is 12.4 Å². The van der Waals surface area contributed by atoms with Crippen LogP contribution in [0.1, 0.15) is 12.8 Å². The number of halogens is 1. The Balaban J connectivity index is 1.80. The predicted molar refractivity (Wildman–Crippen MR) is 54.7 cm³/mol. The van der Waals surface area contributed by atoms with Crippen LogP contribution in [0.2, 0.25) is 5.02 Å². The molecule has 3 heteroatoms. The fraction of sp³-hybridized carbons (Fsp3) is 0.364. The Hall–Kier alpha value is -1.02. The quantitative estimate of drug-likeness (QED) is 0.767. The average Bonchev–Trinajstić information content (AvgIpc) is 2.13. The zero-order valence-corrected chi connectivity index (χ0v) is 8.46. The lowest BCUT2D eigenvalue weighted by Gasteiger charge is -2.23. The summed E-state index contributed by atoms with van der Waals surface area (Å²) < 4.78 is 5.50. The van der Waals surface area contributed by atoms with Crippen LogP contribution in [0.25, 0.3) is 0 Å². The molecule has 1 aromatic carbocycles. The molecule has 2 rings (SSSR count). The first-order valence-electron chi connectivity index (χ1n) is 4.64. The van der Waals surface area contributed by atoms with Gasteiger partial charge in [-0.25, -0.2) is 0 Å². The summed E-state index contributed by atoms with van der Waals surface area (Å²) in [7, 11) is 0. The van der Waals surface area contributed by atoms with E-state index in [-0.39, 0.29) is 0 Å². The summed E-state index contributed by atoms with van der Waals surface area (Å²) in [6, 6.07) is 7.26. The van der Waals surface area contributed by atoms with Gasteiger partial charge in [0.25, 0.3) is 0 Å². The maximum atomic E-state index is 10.7. The molecule has 0 radical (unpaired) electrons. The van der Waals surface area contributed by atoms with Crippen LogP contribution in [0.5, 0.6) is 5.75 Å². The molecule has 0 spiro atoms. The van der Waals surface area contributed by atoms with Crippen LogP contribution in [0.3, 0.4) is 0 Å². The summed E-state index contributed by atoms with van der Waals surface area (Å²) in [4.78, 5) is 10.7. The van der Waals surface area contributed by atoms with Gasteiger partial charge in [0.2, 0.25) is 0 Å². The molecule has 0 aliphatic heterocycles. The van der Waals surface area contributed by atoms with Gasteiger partial charge in [-0.1, -0.05) is 11.6 Å². The maximum absolute atomic E-state index is 10.7. The maximum Gasteiger partial charge on any atom is 0.133 e. The third-order valence-electron chi connectivity index (χ3n) is 2.33. The number of ether oxygens (including phenoxy) is 1. The summed E-state index contributed by atoms with van der Waals surface area (Å²) >= 11 is 5.73. The van der Waals surface area contributed by atoms with E-state index in [4.69, 9.17) is 16.3 Å². The van der Waals surface area contributed by atoms with Gasteiger partial charge in [-0.15, -0.1) is 0 Å². The van der Waals surface area contributed by atoms with Crippen molar-refractivity contribution in [2.75, 3.05) is 6.61 Å². The number of carbonyl (C=O) groups is 1. The molecule has 0 unspecified atom stereocenters. The number of carbonyl (C=O) groups excluding carboxylic acids is 1. The van der Waals surface area contributed by atoms with Crippen LogP contribution in [0, 0.1) is 5.92 Å². The zero-order valence-electron chi connectivity index (χ0n) is 7.70. The first-order chi connectivity index (χ1) is 6.74. The van der Waals surface area contributed by atoms with Crippen LogP contribution >= 0.6 is 11.6 Å². The predicted octanol–water partition coefficient (Wildman–Crippen LogP) is 2.70. The third-order valence-corrected chi connectivity index (χ3v) is 2.58. The summed E-state index contributed by atoms with van der Waals surface area (Å²) in [6.07, 6.45) is 1.35. The van der Waals surface area contributed by atoms with Gasteiger partial charge in [0.1, 0.15) is 11.5 Å². The van der Waals surface area contributed by atoms with Gasteiger partial charge in [0, 0.05) is 23.8 Å². The number of Topliss-reactive ketones (excluding diaryl/α,β-unsaturated/α-hetero) is 1. The lowest BCUT2D eigenvalue weighted by atomic mass is 9.85. The zero-order chi connectivity index (χ0) is 9.97. The van der Waals surface area contributed by atoms with Crippen molar-refractivity contribution < 1.29 is 9.53 Å². The highest BCUT2D eigenvalue weighted by Gasteiger charge is 2.26. The van der Waals surface area contributed by atoms with Crippen molar-refractivity contribution in [3.8, 4) is 5.75 Å². The minimum Gasteiger partial charge on any atom is -0.493 e. The molecule has 0 bridgehead atoms. The van der Waals surface area contributed by atoms with Crippen LogP contribution in [0.4, 0.5) is 0 Å². The molecule has 14 heavy (non-hydrogen) atoms. The Kier molecular flexibility index (Phi) is 2.73. The van der Waals surface area contributed by atoms with Crippen LogP contribution in [-0.2, 0) is 4.79 Å². The summed E-state index contributed by atoms with van der Waals surface area (Å²) in [5, 5.41) is 0.705. The summed E-state index contributed by atoms with van der Waals surface area (Å²) in [5.74, 6) is 1.57. The second kappa shape index (κ2) is 4.01. The van der Waals surface area contributed by atoms with E-state index in [0.29, 0.717) is 36.2 Å². The lowest BCUT2D eigenvalue weighted by Crippen LogP contribution is -2.28. The molecule has 74 valence electrons. The van der Waals surface area contributed by atoms with Crippen molar-refractivity contribution >= 4 is 17.4 Å². The molecular formula is C11H11ClO2. The van der Waals surface area contributed by atoms with E-state index in [2.05, 4.69) is 0 Å². The van der Waals surface area contributed by atoms with Crippen molar-refractivity contribution in [3.05, 3.63) is 29.3 Å². The molecule has 0 N–H and O–H groups in total. The van der Waals surface area contributed by atoms with Gasteiger partial charge in [-0.3, -0.25) is 4.79 Å². The topological polar surface area (TPSA) is 26.3 Å². The van der Waals surface area contributed by atoms with E-state index in [1.807, 2.05) is 12.1 Å². The molecule has 0 heterocycles. The first kappa shape index (κ1) is 9.53. The van der Waals surface area contributed by atoms with Crippen LogP contribution in [0.15, 0.2) is 24.3 Å². The highest BCUT2D eigenvalue weighted by atomic mass is 35.5. The Bertz CT molecular complexity index is 324. The minimum absolute atomic E-state index is 0.342. The van der Waals surface area contributed by atoms with Crippen molar-refractivity contribution in [3.63, 3.8) is 0 Å². The largest absolute Gasteiger partial charge is 0.493 e. The SMILES string of the molecule is O=C1CC(COc2ccc(Cl)cc2)C1. The number of ketones is 1. The molecule has 0 aromatic heterocycles. The van der Waals surface area contributed by atoms with Gasteiger partial charge in [-0.05, 0) is 24.3 Å². The summed E-state index contributed by atoms with van der Waals surface area (Å²) in [5.41, 5.74) is 0. The molecule has 0 atom stereocenters. The van der Waals surface area contributed by atoms with E-state index in [9.17, 15) is 4.79 Å². The normalized spacial score (nSPS) is 16.5. The molecule has 1 aliphatic rings. The van der Waals surface area contributed by atoms with Gasteiger partial charge < -0.3 is 4.74 Å². The van der Waals surface area contributed by atoms with Crippen molar-refractivity contribution in [2.45, 2.75) is 12.8 Å². The van der Waals surface area contributed by atoms with Crippen molar-refractivity contribution in [1.29, 1.82) is 0 Å². The second-order valence-corrected chi connectivity index (χ2v) is 4.01. The summed E-state index contributed by atoms with van der Waals surface area (Å²) in [6.45, 7) is 0.632. The molecule has 0 amide bonds. The van der Waals surface area contributed by atoms with Gasteiger partial charge in [0.05, 0.1) is 6.61 Å². The highest BCUT2D eigenvalue weighted by molar-refractivity contribution is 6.30. The Morgan fingerprint density at radius 2 is 1.93 bits per heavy atom. The van der Waals surface area contributed by atoms with Gasteiger partial charge in [-0.2, -0.15) is 0 Å². The van der Waals surface area contributed by atoms with Gasteiger partial charge in [0.15, 0.2) is 0 Å². The Labute approximate surface area is 87.8 Å². The fourth-order valence-electron chi connectivity index (χ4n) is 1.45. The van der Waals surface area contributed by atoms with E-state index in [1.165, 1.54) is 0 Å². The van der Waals surface area contributed by atoms with Crippen molar-refractivity contribution in [1.82, 2.24) is 0 Å².